The number of carbonyl (C=O) groups excluding carboxylic acids is 2. The summed E-state index contributed by atoms with van der Waals surface area (Å²) in [7, 11) is 0. The van der Waals surface area contributed by atoms with Crippen LogP contribution in [-0.2, 0) is 16.3 Å². The van der Waals surface area contributed by atoms with Gasteiger partial charge in [0.1, 0.15) is 16.6 Å². The molecule has 234 valence electrons. The number of anilines is 1. The largest absolute Gasteiger partial charge is 0.493 e. The molecule has 0 saturated carbocycles. The molecule has 46 heavy (non-hydrogen) atoms. The maximum absolute atomic E-state index is 13.0. The first-order chi connectivity index (χ1) is 22.4. The first-order valence-electron chi connectivity index (χ1n) is 15.1. The molecule has 12 heteroatoms. The van der Waals surface area contributed by atoms with Crippen molar-refractivity contribution in [3.05, 3.63) is 89.0 Å². The molecule has 1 N–H and O–H groups in total. The third kappa shape index (κ3) is 5.63. The maximum Gasteiger partial charge on any atom is 0.302 e. The molecule has 0 bridgehead atoms. The number of aromatic nitrogens is 2. The molecule has 2 fully saturated rings. The van der Waals surface area contributed by atoms with Crippen LogP contribution in [0, 0.1) is 0 Å². The number of alkyl halides is 1. The monoisotopic (exact) mass is 700 g/mol. The highest BCUT2D eigenvalue weighted by atomic mass is 79.9. The van der Waals surface area contributed by atoms with Crippen LogP contribution >= 0.6 is 27.5 Å². The lowest BCUT2D eigenvalue weighted by Gasteiger charge is -2.45. The average molecular weight is 702 g/mol. The zero-order valence-electron chi connectivity index (χ0n) is 24.7. The van der Waals surface area contributed by atoms with Crippen molar-refractivity contribution in [2.75, 3.05) is 24.6 Å². The molecule has 5 aromatic rings. The van der Waals surface area contributed by atoms with Gasteiger partial charge in [-0.1, -0.05) is 52.7 Å². The quantitative estimate of drug-likeness (QED) is 0.102. The van der Waals surface area contributed by atoms with Crippen molar-refractivity contribution >= 4 is 72.5 Å². The Morgan fingerprint density at radius 1 is 1.00 bits per heavy atom. The Morgan fingerprint density at radius 3 is 2.57 bits per heavy atom. The van der Waals surface area contributed by atoms with Crippen LogP contribution in [0.4, 0.5) is 11.4 Å². The van der Waals surface area contributed by atoms with Gasteiger partial charge in [-0.05, 0) is 74.0 Å². The summed E-state index contributed by atoms with van der Waals surface area (Å²) in [4.78, 5) is 34.3. The zero-order valence-corrected chi connectivity index (χ0v) is 27.1. The third-order valence-electron chi connectivity index (χ3n) is 8.53. The molecule has 2 saturated heterocycles. The normalized spacial score (nSPS) is 18.8. The van der Waals surface area contributed by atoms with Gasteiger partial charge in [-0.25, -0.2) is 0 Å². The summed E-state index contributed by atoms with van der Waals surface area (Å²) in [6, 6.07) is 22.0. The molecule has 2 amide bonds. The van der Waals surface area contributed by atoms with Gasteiger partial charge in [0, 0.05) is 21.4 Å². The highest BCUT2D eigenvalue weighted by molar-refractivity contribution is 9.10. The predicted octanol–water partition coefficient (Wildman–Crippen LogP) is 7.49. The van der Waals surface area contributed by atoms with Crippen LogP contribution < -0.4 is 9.64 Å². The molecule has 2 atom stereocenters. The summed E-state index contributed by atoms with van der Waals surface area (Å²) in [5.41, 5.74) is 3.12. The number of para-hydroxylation sites is 1. The number of nitrogens with zero attached hydrogens (tertiary/aromatic N) is 6. The highest BCUT2D eigenvalue weighted by Gasteiger charge is 2.48. The number of hydrogen-bond acceptors (Lipinski definition) is 7. The standard InChI is InChI=1S/C34H30BrClN6O4/c35-22-12-10-21(11-13-22)32-29(36)33(44)42(32)26-14-15-27(30-24(26)8-6-16-37-30)46-19-28(43)38-39-31-23-7-2-3-9-25(23)41(34(31)45)20-40-17-4-1-5-18-40/h2-3,6-16,29,32,45H,1,4-5,17-20H2. The first-order valence-corrected chi connectivity index (χ1v) is 16.3. The Morgan fingerprint density at radius 2 is 1.76 bits per heavy atom. The lowest BCUT2D eigenvalue weighted by Crippen LogP contribution is -2.56. The number of aromatic hydroxyl groups is 1. The minimum absolute atomic E-state index is 0.0313. The molecule has 2 aliphatic rings. The number of fused-ring (bicyclic) bond motifs is 2. The van der Waals surface area contributed by atoms with E-state index in [4.69, 9.17) is 16.3 Å². The Balaban J connectivity index is 1.10. The topological polar surface area (TPSA) is 113 Å². The van der Waals surface area contributed by atoms with Crippen LogP contribution in [0.1, 0.15) is 30.9 Å². The molecular weight excluding hydrogens is 672 g/mol. The predicted molar refractivity (Wildman–Crippen MR) is 180 cm³/mol. The van der Waals surface area contributed by atoms with E-state index in [1.807, 2.05) is 59.2 Å². The van der Waals surface area contributed by atoms with E-state index in [0.717, 1.165) is 41.5 Å². The minimum Gasteiger partial charge on any atom is -0.493 e. The number of pyridine rings is 1. The molecule has 0 radical (unpaired) electrons. The van der Waals surface area contributed by atoms with Crippen molar-refractivity contribution in [2.24, 2.45) is 10.2 Å². The van der Waals surface area contributed by atoms with Crippen LogP contribution in [0.25, 0.3) is 21.8 Å². The van der Waals surface area contributed by atoms with Crippen molar-refractivity contribution in [1.82, 2.24) is 14.5 Å². The van der Waals surface area contributed by atoms with Gasteiger partial charge >= 0.3 is 5.91 Å². The summed E-state index contributed by atoms with van der Waals surface area (Å²) >= 11 is 9.95. The summed E-state index contributed by atoms with van der Waals surface area (Å²) < 4.78 is 8.62. The third-order valence-corrected chi connectivity index (χ3v) is 9.48. The molecule has 2 aliphatic heterocycles. The van der Waals surface area contributed by atoms with Crippen molar-refractivity contribution in [3.63, 3.8) is 0 Å². The SMILES string of the molecule is O=C(COc1ccc(N2C(=O)C(Cl)C2c2ccc(Br)cc2)c2cccnc12)N=Nc1c(O)n(CN2CCCCC2)c2ccccc12. The van der Waals surface area contributed by atoms with E-state index in [-0.39, 0.29) is 23.5 Å². The molecule has 0 spiro atoms. The van der Waals surface area contributed by atoms with Crippen molar-refractivity contribution < 1.29 is 19.4 Å². The Labute approximate surface area is 278 Å². The van der Waals surface area contributed by atoms with Crippen molar-refractivity contribution in [2.45, 2.75) is 37.4 Å². The van der Waals surface area contributed by atoms with E-state index in [1.165, 1.54) is 6.42 Å². The molecule has 2 aromatic heterocycles. The zero-order chi connectivity index (χ0) is 31.8. The molecule has 7 rings (SSSR count). The summed E-state index contributed by atoms with van der Waals surface area (Å²) in [6.45, 7) is 2.08. The Hall–Kier alpha value is -4.32. The molecule has 3 aromatic carbocycles. The van der Waals surface area contributed by atoms with E-state index in [0.29, 0.717) is 34.4 Å². The number of rotatable bonds is 8. The molecular formula is C34H30BrClN6O4. The number of halogens is 2. The van der Waals surface area contributed by atoms with Crippen molar-refractivity contribution in [3.8, 4) is 11.6 Å². The van der Waals surface area contributed by atoms with Crippen LogP contribution in [0.15, 0.2) is 93.7 Å². The fourth-order valence-corrected chi connectivity index (χ4v) is 6.87. The Kier molecular flexibility index (Phi) is 8.46. The number of azo groups is 1. The number of amides is 2. The van der Waals surface area contributed by atoms with E-state index in [2.05, 4.69) is 36.0 Å². The fourth-order valence-electron chi connectivity index (χ4n) is 6.25. The second-order valence-electron chi connectivity index (χ2n) is 11.4. The van der Waals surface area contributed by atoms with Gasteiger partial charge in [0.15, 0.2) is 12.3 Å². The number of benzene rings is 3. The van der Waals surface area contributed by atoms with Gasteiger partial charge < -0.3 is 14.7 Å². The van der Waals surface area contributed by atoms with Crippen LogP contribution in [-0.4, -0.2) is 56.4 Å². The highest BCUT2D eigenvalue weighted by Crippen LogP contribution is 2.46. The lowest BCUT2D eigenvalue weighted by molar-refractivity contribution is -0.123. The summed E-state index contributed by atoms with van der Waals surface area (Å²) in [5.74, 6) is -0.501. The Bertz CT molecular complexity index is 1970. The summed E-state index contributed by atoms with van der Waals surface area (Å²) in [5, 5.41) is 19.9. The number of carbonyl (C=O) groups is 2. The van der Waals surface area contributed by atoms with Gasteiger partial charge in [0.2, 0.25) is 11.8 Å². The van der Waals surface area contributed by atoms with E-state index in [1.54, 1.807) is 29.3 Å². The second-order valence-corrected chi connectivity index (χ2v) is 12.8. The van der Waals surface area contributed by atoms with Gasteiger partial charge in [-0.2, -0.15) is 0 Å². The molecule has 10 nitrogen and oxygen atoms in total. The summed E-state index contributed by atoms with van der Waals surface area (Å²) in [6.07, 6.45) is 5.10. The maximum atomic E-state index is 13.0. The van der Waals surface area contributed by atoms with Crippen molar-refractivity contribution in [1.29, 1.82) is 0 Å². The van der Waals surface area contributed by atoms with Gasteiger partial charge in [-0.3, -0.25) is 24.0 Å². The smallest absolute Gasteiger partial charge is 0.302 e. The first kappa shape index (κ1) is 30.3. The number of likely N-dealkylation sites (tertiary alicyclic amines) is 1. The van der Waals surface area contributed by atoms with E-state index in [9.17, 15) is 14.7 Å². The van der Waals surface area contributed by atoms with Gasteiger partial charge in [0.05, 0.1) is 23.9 Å². The van der Waals surface area contributed by atoms with Crippen LogP contribution in [0.2, 0.25) is 0 Å². The van der Waals surface area contributed by atoms with Crippen LogP contribution in [0.3, 0.4) is 0 Å². The lowest BCUT2D eigenvalue weighted by atomic mass is 9.91. The molecule has 4 heterocycles. The van der Waals surface area contributed by atoms with Gasteiger partial charge in [-0.15, -0.1) is 21.8 Å². The number of hydrogen-bond donors (Lipinski definition) is 1. The molecule has 0 aliphatic carbocycles. The minimum atomic E-state index is -0.690. The van der Waals surface area contributed by atoms with Crippen LogP contribution in [0.5, 0.6) is 11.6 Å². The second kappa shape index (κ2) is 12.8. The van der Waals surface area contributed by atoms with E-state index >= 15 is 0 Å². The number of ether oxygens (including phenoxy) is 1. The fraction of sp³-hybridized carbons (Fsp3) is 0.265. The van der Waals surface area contributed by atoms with Gasteiger partial charge in [0.25, 0.3) is 0 Å². The molecule has 2 unspecified atom stereocenters. The number of piperidine rings is 1. The number of β-lactam (4-membered cyclic amide) rings is 1. The average Bonchev–Trinajstić information content (AvgIpc) is 3.35. The van der Waals surface area contributed by atoms with E-state index < -0.39 is 17.9 Å².